The van der Waals surface area contributed by atoms with Crippen molar-refractivity contribution in [3.8, 4) is 0 Å². The number of hydrogen-bond acceptors (Lipinski definition) is 4. The van der Waals surface area contributed by atoms with Crippen molar-refractivity contribution in [1.29, 1.82) is 0 Å². The summed E-state index contributed by atoms with van der Waals surface area (Å²) in [6.45, 7) is 7.64. The van der Waals surface area contributed by atoms with Crippen LogP contribution in [0.4, 0.5) is 10.5 Å². The van der Waals surface area contributed by atoms with Crippen LogP contribution in [0.3, 0.4) is 0 Å². The van der Waals surface area contributed by atoms with Crippen LogP contribution in [0.2, 0.25) is 0 Å². The first-order valence-corrected chi connectivity index (χ1v) is 11.4. The molecule has 0 radical (unpaired) electrons. The van der Waals surface area contributed by atoms with E-state index in [1.54, 1.807) is 0 Å². The fraction of sp³-hybridized carbons (Fsp3) is 0.321. The van der Waals surface area contributed by atoms with Crippen LogP contribution >= 0.6 is 0 Å². The van der Waals surface area contributed by atoms with E-state index in [0.717, 1.165) is 30.6 Å². The third-order valence-electron chi connectivity index (χ3n) is 5.18. The van der Waals surface area contributed by atoms with Gasteiger partial charge in [0.1, 0.15) is 5.60 Å². The monoisotopic (exact) mass is 446 g/mol. The molecule has 2 N–H and O–H groups in total. The van der Waals surface area contributed by atoms with Crippen LogP contribution in [0.5, 0.6) is 0 Å². The maximum absolute atomic E-state index is 12.0. The first kappa shape index (κ1) is 24.5. The van der Waals surface area contributed by atoms with Gasteiger partial charge in [0.15, 0.2) is 0 Å². The Bertz CT molecular complexity index is 983. The molecular weight excluding hydrogens is 412 g/mol. The molecular formula is C28H34N2O3. The van der Waals surface area contributed by atoms with Crippen molar-refractivity contribution in [3.63, 3.8) is 0 Å². The van der Waals surface area contributed by atoms with Gasteiger partial charge in [0.25, 0.3) is 0 Å². The Morgan fingerprint density at radius 3 is 2.12 bits per heavy atom. The highest BCUT2D eigenvalue weighted by atomic mass is 16.6. The number of benzene rings is 3. The summed E-state index contributed by atoms with van der Waals surface area (Å²) in [5.74, 6) is 0. The van der Waals surface area contributed by atoms with Crippen LogP contribution in [0, 0.1) is 0 Å². The third kappa shape index (κ3) is 8.72. The molecule has 1 amide bonds. The smallest absolute Gasteiger partial charge is 0.412 e. The van der Waals surface area contributed by atoms with E-state index in [4.69, 9.17) is 4.74 Å². The zero-order valence-electron chi connectivity index (χ0n) is 19.7. The Hall–Kier alpha value is -3.15. The summed E-state index contributed by atoms with van der Waals surface area (Å²) in [6.07, 6.45) is -0.171. The number of carbonyl (C=O) groups excluding carboxylic acids is 1. The number of anilines is 1. The Morgan fingerprint density at radius 1 is 0.909 bits per heavy atom. The van der Waals surface area contributed by atoms with Gasteiger partial charge >= 0.3 is 6.09 Å². The molecule has 1 atom stereocenters. The number of aliphatic hydroxyl groups is 1. The molecule has 3 aromatic carbocycles. The van der Waals surface area contributed by atoms with Crippen molar-refractivity contribution in [3.05, 3.63) is 102 Å². The van der Waals surface area contributed by atoms with E-state index in [1.165, 1.54) is 5.56 Å². The van der Waals surface area contributed by atoms with Crippen molar-refractivity contribution in [2.24, 2.45) is 0 Å². The molecule has 3 rings (SSSR count). The first-order chi connectivity index (χ1) is 15.8. The molecule has 5 nitrogen and oxygen atoms in total. The van der Waals surface area contributed by atoms with Crippen LogP contribution in [0.15, 0.2) is 84.9 Å². The van der Waals surface area contributed by atoms with Crippen LogP contribution in [-0.2, 0) is 17.7 Å². The highest BCUT2D eigenvalue weighted by Gasteiger charge is 2.17. The highest BCUT2D eigenvalue weighted by molar-refractivity contribution is 5.84. The average Bonchev–Trinajstić information content (AvgIpc) is 2.78. The van der Waals surface area contributed by atoms with Crippen LogP contribution in [0.25, 0.3) is 0 Å². The number of amides is 1. The number of carbonyl (C=O) groups is 1. The Balaban J connectivity index is 1.60. The Morgan fingerprint density at radius 2 is 1.52 bits per heavy atom. The Kier molecular flexibility index (Phi) is 8.64. The number of ether oxygens (including phenoxy) is 1. The fourth-order valence-corrected chi connectivity index (χ4v) is 3.57. The molecule has 0 saturated heterocycles. The molecule has 0 aliphatic heterocycles. The minimum atomic E-state index is -0.546. The number of aliphatic hydroxyl groups excluding tert-OH is 1. The summed E-state index contributed by atoms with van der Waals surface area (Å²) in [4.78, 5) is 14.2. The largest absolute Gasteiger partial charge is 0.444 e. The fourth-order valence-electron chi connectivity index (χ4n) is 3.57. The van der Waals surface area contributed by atoms with Gasteiger partial charge in [-0.3, -0.25) is 10.2 Å². The van der Waals surface area contributed by atoms with Gasteiger partial charge in [-0.05, 0) is 56.0 Å². The van der Waals surface area contributed by atoms with E-state index in [1.807, 2.05) is 93.6 Å². The van der Waals surface area contributed by atoms with Gasteiger partial charge in [-0.2, -0.15) is 0 Å². The summed E-state index contributed by atoms with van der Waals surface area (Å²) < 4.78 is 5.30. The zero-order chi connectivity index (χ0) is 23.7. The van der Waals surface area contributed by atoms with E-state index >= 15 is 0 Å². The standard InChI is InChI=1S/C28H34N2O3/c1-28(2,3)33-27(32)29-25-16-14-22(15-17-25)18-19-30(20-23-10-6-4-7-11-23)21-26(31)24-12-8-5-9-13-24/h4-17,26,31H,18-21H2,1-3H3,(H,29,32)/t26-/m0/s1. The summed E-state index contributed by atoms with van der Waals surface area (Å²) in [5, 5.41) is 13.5. The molecule has 0 unspecified atom stereocenters. The number of rotatable bonds is 9. The number of nitrogens with zero attached hydrogens (tertiary/aromatic N) is 1. The third-order valence-corrected chi connectivity index (χ3v) is 5.18. The summed E-state index contributed by atoms with van der Waals surface area (Å²) >= 11 is 0. The van der Waals surface area contributed by atoms with Gasteiger partial charge in [0.05, 0.1) is 6.10 Å². The van der Waals surface area contributed by atoms with Gasteiger partial charge in [-0.25, -0.2) is 4.79 Å². The second-order valence-corrected chi connectivity index (χ2v) is 9.22. The summed E-state index contributed by atoms with van der Waals surface area (Å²) in [6, 6.07) is 27.9. The molecule has 0 aromatic heterocycles. The lowest BCUT2D eigenvalue weighted by atomic mass is 10.1. The predicted octanol–water partition coefficient (Wildman–Crippen LogP) is 5.81. The maximum atomic E-state index is 12.0. The molecule has 3 aromatic rings. The molecule has 0 fully saturated rings. The normalized spacial score (nSPS) is 12.4. The molecule has 0 spiro atoms. The predicted molar refractivity (Wildman–Crippen MR) is 133 cm³/mol. The van der Waals surface area contributed by atoms with Gasteiger partial charge in [0, 0.05) is 25.3 Å². The van der Waals surface area contributed by atoms with E-state index in [0.29, 0.717) is 12.2 Å². The molecule has 0 bridgehead atoms. The number of nitrogens with one attached hydrogen (secondary N) is 1. The maximum Gasteiger partial charge on any atom is 0.412 e. The topological polar surface area (TPSA) is 61.8 Å². The summed E-state index contributed by atoms with van der Waals surface area (Å²) in [5.41, 5.74) is 3.48. The zero-order valence-corrected chi connectivity index (χ0v) is 19.7. The van der Waals surface area contributed by atoms with Gasteiger partial charge in [0.2, 0.25) is 0 Å². The van der Waals surface area contributed by atoms with E-state index in [2.05, 4.69) is 22.3 Å². The lowest BCUT2D eigenvalue weighted by molar-refractivity contribution is 0.0636. The minimum absolute atomic E-state index is 0.459. The summed E-state index contributed by atoms with van der Waals surface area (Å²) in [7, 11) is 0. The second-order valence-electron chi connectivity index (χ2n) is 9.22. The first-order valence-electron chi connectivity index (χ1n) is 11.4. The van der Waals surface area contributed by atoms with Crippen molar-refractivity contribution in [1.82, 2.24) is 4.90 Å². The van der Waals surface area contributed by atoms with E-state index in [-0.39, 0.29) is 0 Å². The van der Waals surface area contributed by atoms with Crippen molar-refractivity contribution < 1.29 is 14.6 Å². The quantitative estimate of drug-likeness (QED) is 0.435. The van der Waals surface area contributed by atoms with Gasteiger partial charge in [-0.1, -0.05) is 72.8 Å². The van der Waals surface area contributed by atoms with Crippen LogP contribution in [0.1, 0.15) is 43.6 Å². The SMILES string of the molecule is CC(C)(C)OC(=O)Nc1ccc(CCN(Cc2ccccc2)C[C@H](O)c2ccccc2)cc1. The van der Waals surface area contributed by atoms with Gasteiger partial charge < -0.3 is 9.84 Å². The second kappa shape index (κ2) is 11.6. The molecule has 33 heavy (non-hydrogen) atoms. The molecule has 0 heterocycles. The molecule has 0 aliphatic rings. The minimum Gasteiger partial charge on any atom is -0.444 e. The van der Waals surface area contributed by atoms with Crippen molar-refractivity contribution >= 4 is 11.8 Å². The lowest BCUT2D eigenvalue weighted by Gasteiger charge is -2.25. The average molecular weight is 447 g/mol. The molecule has 174 valence electrons. The van der Waals surface area contributed by atoms with Crippen LogP contribution in [-0.4, -0.2) is 34.8 Å². The van der Waals surface area contributed by atoms with Crippen LogP contribution < -0.4 is 5.32 Å². The Labute approximate surface area is 197 Å². The number of hydrogen-bond donors (Lipinski definition) is 2. The highest BCUT2D eigenvalue weighted by Crippen LogP contribution is 2.17. The lowest BCUT2D eigenvalue weighted by Crippen LogP contribution is -2.30. The van der Waals surface area contributed by atoms with E-state index in [9.17, 15) is 9.90 Å². The molecule has 0 saturated carbocycles. The van der Waals surface area contributed by atoms with Crippen molar-refractivity contribution in [2.45, 2.75) is 45.4 Å². The molecule has 5 heteroatoms. The van der Waals surface area contributed by atoms with Crippen molar-refractivity contribution in [2.75, 3.05) is 18.4 Å². The van der Waals surface area contributed by atoms with Gasteiger partial charge in [-0.15, -0.1) is 0 Å². The molecule has 0 aliphatic carbocycles. The van der Waals surface area contributed by atoms with E-state index < -0.39 is 17.8 Å².